The van der Waals surface area contributed by atoms with E-state index in [0.717, 1.165) is 37.6 Å². The third-order valence-corrected chi connectivity index (χ3v) is 4.18. The van der Waals surface area contributed by atoms with E-state index in [4.69, 9.17) is 14.6 Å². The van der Waals surface area contributed by atoms with Crippen molar-refractivity contribution < 1.29 is 24.2 Å². The Kier molecular flexibility index (Phi) is 6.22. The minimum atomic E-state index is -1.06. The standard InChI is InChI=1S/C21H21NO5/c23-20(17-2-1-3-19(14-17)27-15-21(24)25)9-6-16-4-7-18(8-5-16)22-10-12-26-13-11-22/h1-9,14H,10-13,15H2,(H,24,25)/b9-6+. The lowest BCUT2D eigenvalue weighted by molar-refractivity contribution is -0.139. The molecule has 27 heavy (non-hydrogen) atoms. The molecule has 0 atom stereocenters. The molecule has 6 nitrogen and oxygen atoms in total. The molecule has 3 rings (SSSR count). The van der Waals surface area contributed by atoms with Crippen molar-refractivity contribution in [2.24, 2.45) is 0 Å². The summed E-state index contributed by atoms with van der Waals surface area (Å²) < 4.78 is 10.5. The lowest BCUT2D eigenvalue weighted by atomic mass is 10.1. The monoisotopic (exact) mass is 367 g/mol. The summed E-state index contributed by atoms with van der Waals surface area (Å²) in [5, 5.41) is 8.65. The highest BCUT2D eigenvalue weighted by Crippen LogP contribution is 2.18. The molecule has 1 fully saturated rings. The smallest absolute Gasteiger partial charge is 0.341 e. The predicted molar refractivity (Wildman–Crippen MR) is 102 cm³/mol. The van der Waals surface area contributed by atoms with E-state index in [9.17, 15) is 9.59 Å². The van der Waals surface area contributed by atoms with Gasteiger partial charge in [0, 0.05) is 24.3 Å². The van der Waals surface area contributed by atoms with Gasteiger partial charge in [-0.15, -0.1) is 0 Å². The van der Waals surface area contributed by atoms with Gasteiger partial charge in [-0.25, -0.2) is 4.79 Å². The van der Waals surface area contributed by atoms with E-state index in [1.807, 2.05) is 24.3 Å². The topological polar surface area (TPSA) is 76.1 Å². The van der Waals surface area contributed by atoms with Gasteiger partial charge in [-0.05, 0) is 35.9 Å². The Hall–Kier alpha value is -3.12. The van der Waals surface area contributed by atoms with Crippen molar-refractivity contribution in [3.8, 4) is 5.75 Å². The maximum atomic E-state index is 12.3. The molecule has 0 aromatic heterocycles. The Morgan fingerprint density at radius 2 is 1.85 bits per heavy atom. The average molecular weight is 367 g/mol. The summed E-state index contributed by atoms with van der Waals surface area (Å²) in [6, 6.07) is 14.5. The Morgan fingerprint density at radius 3 is 2.56 bits per heavy atom. The van der Waals surface area contributed by atoms with E-state index in [-0.39, 0.29) is 5.78 Å². The minimum absolute atomic E-state index is 0.173. The molecule has 0 bridgehead atoms. The molecule has 0 radical (unpaired) electrons. The molecule has 0 amide bonds. The maximum Gasteiger partial charge on any atom is 0.341 e. The predicted octanol–water partition coefficient (Wildman–Crippen LogP) is 2.88. The Labute approximate surface area is 157 Å². The van der Waals surface area contributed by atoms with Gasteiger partial charge in [0.1, 0.15) is 5.75 Å². The second kappa shape index (κ2) is 9.00. The van der Waals surface area contributed by atoms with E-state index in [0.29, 0.717) is 11.3 Å². The molecule has 2 aromatic carbocycles. The van der Waals surface area contributed by atoms with E-state index in [1.165, 1.54) is 12.1 Å². The molecular formula is C21H21NO5. The van der Waals surface area contributed by atoms with Crippen LogP contribution < -0.4 is 9.64 Å². The zero-order chi connectivity index (χ0) is 19.1. The molecule has 0 unspecified atom stereocenters. The quantitative estimate of drug-likeness (QED) is 0.599. The van der Waals surface area contributed by atoms with Gasteiger partial charge in [-0.1, -0.05) is 30.3 Å². The third kappa shape index (κ3) is 5.43. The molecule has 0 aliphatic carbocycles. The number of allylic oxidation sites excluding steroid dienone is 1. The van der Waals surface area contributed by atoms with Gasteiger partial charge in [-0.3, -0.25) is 4.79 Å². The number of anilines is 1. The van der Waals surface area contributed by atoms with Crippen molar-refractivity contribution in [1.82, 2.24) is 0 Å². The van der Waals surface area contributed by atoms with E-state index in [1.54, 1.807) is 24.3 Å². The SMILES string of the molecule is O=C(O)COc1cccc(C(=O)/C=C/c2ccc(N3CCOCC3)cc2)c1. The number of hydrogen-bond acceptors (Lipinski definition) is 5. The Balaban J connectivity index is 1.62. The van der Waals surface area contributed by atoms with Crippen LogP contribution in [0.3, 0.4) is 0 Å². The number of morpholine rings is 1. The number of carboxylic acid groups (broad SMARTS) is 1. The molecule has 1 N–H and O–H groups in total. The summed E-state index contributed by atoms with van der Waals surface area (Å²) in [7, 11) is 0. The van der Waals surface area contributed by atoms with Crippen LogP contribution in [0.2, 0.25) is 0 Å². The maximum absolute atomic E-state index is 12.3. The van der Waals surface area contributed by atoms with Gasteiger partial charge in [-0.2, -0.15) is 0 Å². The molecule has 140 valence electrons. The van der Waals surface area contributed by atoms with E-state index >= 15 is 0 Å². The highest BCUT2D eigenvalue weighted by atomic mass is 16.5. The first-order valence-electron chi connectivity index (χ1n) is 8.72. The van der Waals surface area contributed by atoms with Crippen molar-refractivity contribution in [3.63, 3.8) is 0 Å². The van der Waals surface area contributed by atoms with Crippen LogP contribution in [0.25, 0.3) is 6.08 Å². The van der Waals surface area contributed by atoms with Crippen LogP contribution in [0.1, 0.15) is 15.9 Å². The normalized spacial score (nSPS) is 14.3. The number of carbonyl (C=O) groups excluding carboxylic acids is 1. The number of ketones is 1. The van der Waals surface area contributed by atoms with Crippen LogP contribution in [0, 0.1) is 0 Å². The molecule has 1 aliphatic heterocycles. The Morgan fingerprint density at radius 1 is 1.11 bits per heavy atom. The summed E-state index contributed by atoms with van der Waals surface area (Å²) >= 11 is 0. The van der Waals surface area contributed by atoms with Crippen LogP contribution in [0.15, 0.2) is 54.6 Å². The second-order valence-corrected chi connectivity index (χ2v) is 6.10. The zero-order valence-electron chi connectivity index (χ0n) is 14.8. The summed E-state index contributed by atoms with van der Waals surface area (Å²) in [4.78, 5) is 25.2. The lowest BCUT2D eigenvalue weighted by Crippen LogP contribution is -2.36. The Bertz CT molecular complexity index is 823. The van der Waals surface area contributed by atoms with Gasteiger partial charge < -0.3 is 19.5 Å². The average Bonchev–Trinajstić information content (AvgIpc) is 2.72. The fourth-order valence-corrected chi connectivity index (χ4v) is 2.77. The first-order chi connectivity index (χ1) is 13.1. The van der Waals surface area contributed by atoms with Crippen molar-refractivity contribution in [3.05, 3.63) is 65.7 Å². The number of carbonyl (C=O) groups is 2. The van der Waals surface area contributed by atoms with Crippen molar-refractivity contribution in [2.75, 3.05) is 37.8 Å². The van der Waals surface area contributed by atoms with E-state index in [2.05, 4.69) is 4.90 Å². The molecule has 6 heteroatoms. The van der Waals surface area contributed by atoms with Gasteiger partial charge in [0.05, 0.1) is 13.2 Å². The lowest BCUT2D eigenvalue weighted by Gasteiger charge is -2.28. The number of carboxylic acids is 1. The van der Waals surface area contributed by atoms with Crippen LogP contribution in [0.5, 0.6) is 5.75 Å². The summed E-state index contributed by atoms with van der Waals surface area (Å²) in [5.74, 6) is -0.883. The van der Waals surface area contributed by atoms with Crippen LogP contribution >= 0.6 is 0 Å². The summed E-state index contributed by atoms with van der Waals surface area (Å²) in [5.41, 5.74) is 2.52. The molecule has 1 aliphatic rings. The van der Waals surface area contributed by atoms with Crippen LogP contribution in [-0.2, 0) is 9.53 Å². The highest BCUT2D eigenvalue weighted by molar-refractivity contribution is 6.07. The van der Waals surface area contributed by atoms with Gasteiger partial charge in [0.25, 0.3) is 0 Å². The fourth-order valence-electron chi connectivity index (χ4n) is 2.77. The van der Waals surface area contributed by atoms with Crippen molar-refractivity contribution in [2.45, 2.75) is 0 Å². The summed E-state index contributed by atoms with van der Waals surface area (Å²) in [6.45, 7) is 2.81. The van der Waals surface area contributed by atoms with Crippen LogP contribution in [0.4, 0.5) is 5.69 Å². The minimum Gasteiger partial charge on any atom is -0.482 e. The molecular weight excluding hydrogens is 346 g/mol. The van der Waals surface area contributed by atoms with Gasteiger partial charge in [0.15, 0.2) is 12.4 Å². The molecule has 0 saturated carbocycles. The third-order valence-electron chi connectivity index (χ3n) is 4.18. The highest BCUT2D eigenvalue weighted by Gasteiger charge is 2.10. The summed E-state index contributed by atoms with van der Waals surface area (Å²) in [6.07, 6.45) is 3.26. The number of ether oxygens (including phenoxy) is 2. The second-order valence-electron chi connectivity index (χ2n) is 6.10. The fraction of sp³-hybridized carbons (Fsp3) is 0.238. The van der Waals surface area contributed by atoms with Crippen LogP contribution in [-0.4, -0.2) is 49.8 Å². The zero-order valence-corrected chi connectivity index (χ0v) is 14.8. The number of hydrogen-bond donors (Lipinski definition) is 1. The molecule has 1 saturated heterocycles. The number of aliphatic carboxylic acids is 1. The van der Waals surface area contributed by atoms with Gasteiger partial charge >= 0.3 is 5.97 Å². The number of nitrogens with zero attached hydrogens (tertiary/aromatic N) is 1. The number of rotatable bonds is 7. The first kappa shape index (κ1) is 18.7. The number of benzene rings is 2. The molecule has 1 heterocycles. The van der Waals surface area contributed by atoms with Crippen molar-refractivity contribution >= 4 is 23.5 Å². The first-order valence-corrected chi connectivity index (χ1v) is 8.72. The molecule has 2 aromatic rings. The molecule has 0 spiro atoms. The van der Waals surface area contributed by atoms with Gasteiger partial charge in [0.2, 0.25) is 0 Å². The largest absolute Gasteiger partial charge is 0.482 e. The van der Waals surface area contributed by atoms with E-state index < -0.39 is 12.6 Å². The van der Waals surface area contributed by atoms with Crippen molar-refractivity contribution in [1.29, 1.82) is 0 Å².